The average Bonchev–Trinajstić information content (AvgIpc) is 2.44. The third-order valence-electron chi connectivity index (χ3n) is 3.41. The van der Waals surface area contributed by atoms with Crippen LogP contribution in [0.25, 0.3) is 0 Å². The number of hydrogen-bond acceptors (Lipinski definition) is 3. The Morgan fingerprint density at radius 2 is 1.95 bits per heavy atom. The van der Waals surface area contributed by atoms with E-state index in [2.05, 4.69) is 0 Å². The lowest BCUT2D eigenvalue weighted by Crippen LogP contribution is -2.52. The number of carbonyl (C=O) groups is 1. The third-order valence-corrected chi connectivity index (χ3v) is 3.41. The maximum atomic E-state index is 12.8. The van der Waals surface area contributed by atoms with Crippen LogP contribution < -0.4 is 5.73 Å². The molecule has 0 saturated carbocycles. The van der Waals surface area contributed by atoms with Crippen LogP contribution in [0.2, 0.25) is 0 Å². The number of nitrogens with two attached hydrogens (primary N) is 1. The number of ether oxygens (including phenoxy) is 1. The Morgan fingerprint density at radius 1 is 1.29 bits per heavy atom. The molecule has 2 atom stereocenters. The lowest BCUT2D eigenvalue weighted by atomic mass is 9.94. The van der Waals surface area contributed by atoms with Gasteiger partial charge in [0.15, 0.2) is 0 Å². The highest BCUT2D eigenvalue weighted by atomic mass is 19.4. The molecule has 1 fully saturated rings. The summed E-state index contributed by atoms with van der Waals surface area (Å²) in [5.74, 6) is -1.59. The summed E-state index contributed by atoms with van der Waals surface area (Å²) in [7, 11) is 0. The molecular formula is C14H17F3N2O2. The van der Waals surface area contributed by atoms with E-state index in [1.165, 1.54) is 0 Å². The smallest absolute Gasteiger partial charge is 0.410 e. The van der Waals surface area contributed by atoms with Crippen LogP contribution in [0.5, 0.6) is 0 Å². The van der Waals surface area contributed by atoms with Gasteiger partial charge in [0.1, 0.15) is 6.61 Å². The van der Waals surface area contributed by atoms with Crippen molar-refractivity contribution in [3.05, 3.63) is 35.9 Å². The van der Waals surface area contributed by atoms with Gasteiger partial charge in [-0.25, -0.2) is 4.79 Å². The fourth-order valence-electron chi connectivity index (χ4n) is 2.33. The number of amides is 1. The number of alkyl halides is 3. The lowest BCUT2D eigenvalue weighted by Gasteiger charge is -2.36. The molecule has 0 aliphatic carbocycles. The van der Waals surface area contributed by atoms with Crippen molar-refractivity contribution in [2.24, 2.45) is 11.7 Å². The Bertz CT molecular complexity index is 479. The molecular weight excluding hydrogens is 285 g/mol. The van der Waals surface area contributed by atoms with E-state index in [9.17, 15) is 18.0 Å². The number of hydrogen-bond donors (Lipinski definition) is 1. The third kappa shape index (κ3) is 4.35. The highest BCUT2D eigenvalue weighted by Gasteiger charge is 2.45. The van der Waals surface area contributed by atoms with E-state index in [0.29, 0.717) is 0 Å². The Morgan fingerprint density at radius 3 is 2.57 bits per heavy atom. The molecule has 1 saturated heterocycles. The summed E-state index contributed by atoms with van der Waals surface area (Å²) in [4.78, 5) is 12.9. The monoisotopic (exact) mass is 302 g/mol. The number of halogens is 3. The number of rotatable bonds is 2. The van der Waals surface area contributed by atoms with Crippen molar-refractivity contribution in [3.63, 3.8) is 0 Å². The zero-order valence-electron chi connectivity index (χ0n) is 11.3. The second-order valence-corrected chi connectivity index (χ2v) is 5.18. The zero-order chi connectivity index (χ0) is 15.5. The van der Waals surface area contributed by atoms with Crippen molar-refractivity contribution in [3.8, 4) is 0 Å². The molecule has 1 aliphatic rings. The van der Waals surface area contributed by atoms with Gasteiger partial charge in [-0.1, -0.05) is 30.3 Å². The molecule has 0 radical (unpaired) electrons. The summed E-state index contributed by atoms with van der Waals surface area (Å²) in [5.41, 5.74) is 6.39. The van der Waals surface area contributed by atoms with Gasteiger partial charge in [0.25, 0.3) is 0 Å². The van der Waals surface area contributed by atoms with Gasteiger partial charge in [-0.15, -0.1) is 0 Å². The lowest BCUT2D eigenvalue weighted by molar-refractivity contribution is -0.186. The van der Waals surface area contributed by atoms with E-state index >= 15 is 0 Å². The Balaban J connectivity index is 1.92. The van der Waals surface area contributed by atoms with Crippen LogP contribution in [0.15, 0.2) is 30.3 Å². The molecule has 4 nitrogen and oxygen atoms in total. The van der Waals surface area contributed by atoms with Crippen molar-refractivity contribution < 1.29 is 22.7 Å². The van der Waals surface area contributed by atoms with Crippen LogP contribution in [-0.2, 0) is 11.3 Å². The van der Waals surface area contributed by atoms with Crippen molar-refractivity contribution in [1.29, 1.82) is 0 Å². The topological polar surface area (TPSA) is 55.6 Å². The van der Waals surface area contributed by atoms with Crippen LogP contribution in [-0.4, -0.2) is 36.3 Å². The number of benzene rings is 1. The van der Waals surface area contributed by atoms with Crippen molar-refractivity contribution in [2.75, 3.05) is 13.1 Å². The van der Waals surface area contributed by atoms with E-state index in [1.54, 1.807) is 24.3 Å². The van der Waals surface area contributed by atoms with Crippen molar-refractivity contribution in [2.45, 2.75) is 25.2 Å². The predicted molar refractivity (Wildman–Crippen MR) is 70.3 cm³/mol. The fraction of sp³-hybridized carbons (Fsp3) is 0.500. The first-order chi connectivity index (χ1) is 9.86. The summed E-state index contributed by atoms with van der Waals surface area (Å²) in [6, 6.07) is 8.26. The summed E-state index contributed by atoms with van der Waals surface area (Å²) in [6.07, 6.45) is -5.27. The van der Waals surface area contributed by atoms with Gasteiger partial charge in [-0.3, -0.25) is 0 Å². The SMILES string of the molecule is N[C@H]1C[C@@H](C(F)(F)F)CN(C(=O)OCc2ccccc2)C1. The second-order valence-electron chi connectivity index (χ2n) is 5.18. The molecule has 7 heteroatoms. The summed E-state index contributed by atoms with van der Waals surface area (Å²) in [6.45, 7) is -0.285. The molecule has 1 amide bonds. The first-order valence-corrected chi connectivity index (χ1v) is 6.64. The fourth-order valence-corrected chi connectivity index (χ4v) is 2.33. The number of likely N-dealkylation sites (tertiary alicyclic amines) is 1. The Kier molecular flexibility index (Phi) is 4.72. The molecule has 1 aromatic carbocycles. The average molecular weight is 302 g/mol. The van der Waals surface area contributed by atoms with Crippen molar-refractivity contribution in [1.82, 2.24) is 4.90 Å². The Hall–Kier alpha value is -1.76. The summed E-state index contributed by atoms with van der Waals surface area (Å²) in [5, 5.41) is 0. The van der Waals surface area contributed by atoms with Crippen LogP contribution in [0.4, 0.5) is 18.0 Å². The summed E-state index contributed by atoms with van der Waals surface area (Å²) >= 11 is 0. The first kappa shape index (κ1) is 15.6. The molecule has 21 heavy (non-hydrogen) atoms. The molecule has 0 unspecified atom stereocenters. The van der Waals surface area contributed by atoms with Gasteiger partial charge < -0.3 is 15.4 Å². The largest absolute Gasteiger partial charge is 0.445 e. The van der Waals surface area contributed by atoms with Gasteiger partial charge >= 0.3 is 12.3 Å². The van der Waals surface area contributed by atoms with E-state index in [0.717, 1.165) is 10.5 Å². The molecule has 1 aromatic rings. The number of carbonyl (C=O) groups excluding carboxylic acids is 1. The normalized spacial score (nSPS) is 23.0. The molecule has 2 N–H and O–H groups in total. The molecule has 0 spiro atoms. The maximum absolute atomic E-state index is 12.8. The van der Waals surface area contributed by atoms with Crippen LogP contribution in [0, 0.1) is 5.92 Å². The molecule has 2 rings (SSSR count). The minimum absolute atomic E-state index is 0.0299. The van der Waals surface area contributed by atoms with Gasteiger partial charge in [0.05, 0.1) is 5.92 Å². The molecule has 116 valence electrons. The minimum Gasteiger partial charge on any atom is -0.445 e. The molecule has 1 aliphatic heterocycles. The highest BCUT2D eigenvalue weighted by Crippen LogP contribution is 2.33. The quantitative estimate of drug-likeness (QED) is 0.913. The Labute approximate surface area is 120 Å². The minimum atomic E-state index is -4.35. The van der Waals surface area contributed by atoms with Crippen LogP contribution in [0.3, 0.4) is 0 Å². The maximum Gasteiger partial charge on any atom is 0.410 e. The van der Waals surface area contributed by atoms with Crippen LogP contribution in [0.1, 0.15) is 12.0 Å². The summed E-state index contributed by atoms with van der Waals surface area (Å²) < 4.78 is 43.3. The van der Waals surface area contributed by atoms with Gasteiger partial charge in [-0.05, 0) is 12.0 Å². The number of piperidine rings is 1. The molecule has 1 heterocycles. The van der Waals surface area contributed by atoms with Crippen LogP contribution >= 0.6 is 0 Å². The van der Waals surface area contributed by atoms with E-state index < -0.39 is 30.8 Å². The zero-order valence-corrected chi connectivity index (χ0v) is 11.3. The van der Waals surface area contributed by atoms with Gasteiger partial charge in [0.2, 0.25) is 0 Å². The second kappa shape index (κ2) is 6.34. The van der Waals surface area contributed by atoms with E-state index in [1.807, 2.05) is 6.07 Å². The van der Waals surface area contributed by atoms with Gasteiger partial charge in [0, 0.05) is 19.1 Å². The molecule has 0 bridgehead atoms. The van der Waals surface area contributed by atoms with E-state index in [-0.39, 0.29) is 19.6 Å². The number of nitrogens with zero attached hydrogens (tertiary/aromatic N) is 1. The van der Waals surface area contributed by atoms with Crippen molar-refractivity contribution >= 4 is 6.09 Å². The van der Waals surface area contributed by atoms with E-state index in [4.69, 9.17) is 10.5 Å². The highest BCUT2D eigenvalue weighted by molar-refractivity contribution is 5.67. The first-order valence-electron chi connectivity index (χ1n) is 6.64. The van der Waals surface area contributed by atoms with Gasteiger partial charge in [-0.2, -0.15) is 13.2 Å². The molecule has 0 aromatic heterocycles. The predicted octanol–water partition coefficient (Wildman–Crippen LogP) is 2.53. The standard InChI is InChI=1S/C14H17F3N2O2/c15-14(16,17)11-6-12(18)8-19(7-11)13(20)21-9-10-4-2-1-3-5-10/h1-5,11-12H,6-9,18H2/t11-,12+/m1/s1.